The lowest BCUT2D eigenvalue weighted by atomic mass is 9.71. The van der Waals surface area contributed by atoms with Crippen LogP contribution in [0.25, 0.3) is 0 Å². The van der Waals surface area contributed by atoms with Gasteiger partial charge in [-0.3, -0.25) is 9.05 Å². The molecule has 0 saturated carbocycles. The van der Waals surface area contributed by atoms with Crippen LogP contribution in [-0.4, -0.2) is 23.9 Å². The molecule has 2 fully saturated rings. The summed E-state index contributed by atoms with van der Waals surface area (Å²) in [6, 6.07) is 10.7. The normalized spacial score (nSPS) is 21.7. The van der Waals surface area contributed by atoms with E-state index in [4.69, 9.17) is 18.5 Å². The quantitative estimate of drug-likeness (QED) is 0.165. The number of ether oxygens (including phenoxy) is 2. The van der Waals surface area contributed by atoms with E-state index in [0.717, 1.165) is 48.5 Å². The number of benzene rings is 4. The number of hydrogen-bond acceptors (Lipinski definition) is 5. The average molecular weight is 772 g/mol. The Bertz CT molecular complexity index is 1700. The highest BCUT2D eigenvalue weighted by atomic mass is 31.2. The molecule has 2 heterocycles. The Hall–Kier alpha value is -3.93. The van der Waals surface area contributed by atoms with E-state index in [1.54, 1.807) is 0 Å². The van der Waals surface area contributed by atoms with Crippen molar-refractivity contribution in [3.63, 3.8) is 0 Å². The maximum atomic E-state index is 14.2. The first-order valence-electron chi connectivity index (χ1n) is 14.7. The minimum absolute atomic E-state index is 0.408. The van der Waals surface area contributed by atoms with E-state index in [0.29, 0.717) is 48.5 Å². The molecule has 6 rings (SSSR count). The van der Waals surface area contributed by atoms with Crippen molar-refractivity contribution in [3.05, 3.63) is 142 Å². The molecule has 0 aromatic heterocycles. The molecule has 0 radical (unpaired) electrons. The number of halogens is 12. The molecule has 52 heavy (non-hydrogen) atoms. The highest BCUT2D eigenvalue weighted by molar-refractivity contribution is 7.47. The first kappa shape index (κ1) is 37.8. The van der Waals surface area contributed by atoms with E-state index in [1.807, 2.05) is 0 Å². The summed E-state index contributed by atoms with van der Waals surface area (Å²) in [7, 11) is -5.82. The van der Waals surface area contributed by atoms with Gasteiger partial charge in [-0.2, -0.15) is 52.7 Å². The van der Waals surface area contributed by atoms with E-state index >= 15 is 0 Å². The Balaban J connectivity index is 1.66. The molecule has 0 aliphatic carbocycles. The molecule has 278 valence electrons. The van der Waals surface area contributed by atoms with Crippen LogP contribution in [0.4, 0.5) is 52.7 Å². The van der Waals surface area contributed by atoms with Gasteiger partial charge in [0, 0.05) is 0 Å². The molecule has 1 N–H and O–H groups in total. The molecule has 0 amide bonds. The molecule has 2 atom stereocenters. The van der Waals surface area contributed by atoms with Gasteiger partial charge in [0.05, 0.1) is 22.3 Å². The third kappa shape index (κ3) is 6.71. The van der Waals surface area contributed by atoms with E-state index in [9.17, 15) is 62.1 Å². The third-order valence-electron chi connectivity index (χ3n) is 8.65. The fourth-order valence-electron chi connectivity index (χ4n) is 6.34. The molecule has 19 heteroatoms. The zero-order valence-corrected chi connectivity index (χ0v) is 26.5. The minimum atomic E-state index is -5.82. The van der Waals surface area contributed by atoms with Gasteiger partial charge < -0.3 is 14.4 Å². The van der Waals surface area contributed by atoms with Gasteiger partial charge in [-0.15, -0.1) is 0 Å². The van der Waals surface area contributed by atoms with Gasteiger partial charge in [-0.1, -0.05) is 48.5 Å². The molecule has 2 aliphatic rings. The van der Waals surface area contributed by atoms with Crippen molar-refractivity contribution in [2.75, 3.05) is 6.79 Å². The second-order valence-corrected chi connectivity index (χ2v) is 13.0. The van der Waals surface area contributed by atoms with E-state index in [2.05, 4.69) is 0 Å². The molecule has 0 spiro atoms. The molecule has 6 nitrogen and oxygen atoms in total. The van der Waals surface area contributed by atoms with E-state index in [-0.39, 0.29) is 0 Å². The lowest BCUT2D eigenvalue weighted by molar-refractivity contribution is -0.138. The van der Waals surface area contributed by atoms with E-state index in [1.165, 1.54) is 0 Å². The Kier molecular flexibility index (Phi) is 9.16. The van der Waals surface area contributed by atoms with Crippen LogP contribution in [0.15, 0.2) is 97.1 Å². The average Bonchev–Trinajstić information content (AvgIpc) is 3.53. The SMILES string of the molecule is O=P1(O)OC(c2ccc(C(F)(F)F)cc2)(c2ccc(C(F)(F)F)cc2)[C@H]2OCO[C@@H]2C(c2ccc(C(F)(F)F)cc2)(c2ccc(C(F)(F)F)cc2)O1. The zero-order valence-electron chi connectivity index (χ0n) is 25.6. The Morgan fingerprint density at radius 3 is 0.865 bits per heavy atom. The number of phosphoric ester groups is 1. The second kappa shape index (κ2) is 12.6. The summed E-state index contributed by atoms with van der Waals surface area (Å²) in [6.45, 7) is -0.774. The first-order valence-corrected chi connectivity index (χ1v) is 16.2. The standard InChI is InChI=1S/C33H21F12O6P/c34-30(35,36)22-9-1-18(2-10-22)28(19-3-11-23(12-4-19)31(37,38)39)26-27(49-17-48-26)29(51-52(46,47)50-28,20-5-13-24(14-6-20)32(40,41)42)21-7-15-25(16-8-21)33(43,44)45/h1-16,26-27H,17H2,(H,46,47)/t26-,27-/m0/s1. The maximum Gasteiger partial charge on any atom is 0.474 e. The van der Waals surface area contributed by atoms with Crippen LogP contribution in [0.3, 0.4) is 0 Å². The Labute approximate surface area is 285 Å². The number of alkyl halides is 12. The lowest BCUT2D eigenvalue weighted by Crippen LogP contribution is -2.53. The predicted octanol–water partition coefficient (Wildman–Crippen LogP) is 9.84. The molecule has 4 aromatic carbocycles. The molecule has 0 unspecified atom stereocenters. The van der Waals surface area contributed by atoms with Crippen LogP contribution in [0.2, 0.25) is 0 Å². The van der Waals surface area contributed by atoms with Crippen molar-refractivity contribution in [2.45, 2.75) is 48.1 Å². The number of phosphoric acid groups is 1. The fourth-order valence-corrected chi connectivity index (χ4v) is 7.73. The van der Waals surface area contributed by atoms with E-state index < -0.39 is 107 Å². The van der Waals surface area contributed by atoms with Crippen molar-refractivity contribution in [2.24, 2.45) is 0 Å². The number of hydrogen-bond donors (Lipinski definition) is 1. The van der Waals surface area contributed by atoms with Crippen molar-refractivity contribution in [3.8, 4) is 0 Å². The summed E-state index contributed by atoms with van der Waals surface area (Å²) >= 11 is 0. The van der Waals surface area contributed by atoms with Gasteiger partial charge >= 0.3 is 32.5 Å². The van der Waals surface area contributed by atoms with Crippen LogP contribution < -0.4 is 0 Å². The summed E-state index contributed by atoms with van der Waals surface area (Å²) in [5, 5.41) is 0. The van der Waals surface area contributed by atoms with Gasteiger partial charge in [0.1, 0.15) is 19.0 Å². The highest BCUT2D eigenvalue weighted by Gasteiger charge is 2.66. The summed E-state index contributed by atoms with van der Waals surface area (Å²) in [5.41, 5.74) is -11.8. The number of rotatable bonds is 4. The van der Waals surface area contributed by atoms with Crippen LogP contribution >= 0.6 is 7.82 Å². The van der Waals surface area contributed by atoms with Gasteiger partial charge in [-0.05, 0) is 70.8 Å². The van der Waals surface area contributed by atoms with Crippen LogP contribution in [0.5, 0.6) is 0 Å². The van der Waals surface area contributed by atoms with Gasteiger partial charge in [0.25, 0.3) is 0 Å². The molecule has 2 saturated heterocycles. The largest absolute Gasteiger partial charge is 0.474 e. The van der Waals surface area contributed by atoms with Crippen molar-refractivity contribution < 1.29 is 80.7 Å². The van der Waals surface area contributed by atoms with Crippen molar-refractivity contribution >= 4 is 7.82 Å². The second-order valence-electron chi connectivity index (χ2n) is 11.7. The molecular formula is C33H21F12O6P. The Morgan fingerprint density at radius 1 is 0.462 bits per heavy atom. The van der Waals surface area contributed by atoms with Gasteiger partial charge in [0.15, 0.2) is 11.2 Å². The van der Waals surface area contributed by atoms with Crippen molar-refractivity contribution in [1.82, 2.24) is 0 Å². The summed E-state index contributed by atoms with van der Waals surface area (Å²) in [5.74, 6) is 0. The number of fused-ring (bicyclic) bond motifs is 1. The molecule has 4 aromatic rings. The predicted molar refractivity (Wildman–Crippen MR) is 154 cm³/mol. The summed E-state index contributed by atoms with van der Waals surface area (Å²) in [6.07, 6.45) is -23.4. The van der Waals surface area contributed by atoms with Gasteiger partial charge in [0.2, 0.25) is 0 Å². The van der Waals surface area contributed by atoms with Crippen molar-refractivity contribution in [1.29, 1.82) is 0 Å². The highest BCUT2D eigenvalue weighted by Crippen LogP contribution is 2.65. The lowest BCUT2D eigenvalue weighted by Gasteiger charge is -2.41. The monoisotopic (exact) mass is 772 g/mol. The smallest absolute Gasteiger partial charge is 0.346 e. The molecular weight excluding hydrogens is 751 g/mol. The summed E-state index contributed by atoms with van der Waals surface area (Å²) < 4.78 is 200. The Morgan fingerprint density at radius 2 is 0.673 bits per heavy atom. The van der Waals surface area contributed by atoms with Gasteiger partial charge in [-0.25, -0.2) is 4.57 Å². The molecule has 2 aliphatic heterocycles. The maximum absolute atomic E-state index is 14.2. The van der Waals surface area contributed by atoms with Crippen LogP contribution in [0.1, 0.15) is 44.5 Å². The molecule has 0 bridgehead atoms. The first-order chi connectivity index (χ1) is 24.0. The summed E-state index contributed by atoms with van der Waals surface area (Å²) in [4.78, 5) is 11.4. The zero-order chi connectivity index (χ0) is 38.1. The van der Waals surface area contributed by atoms with Crippen LogP contribution in [-0.2, 0) is 59.0 Å². The minimum Gasteiger partial charge on any atom is -0.346 e. The topological polar surface area (TPSA) is 74.2 Å². The van der Waals surface area contributed by atoms with Crippen LogP contribution in [0, 0.1) is 0 Å². The fraction of sp³-hybridized carbons (Fsp3) is 0.273. The third-order valence-corrected chi connectivity index (χ3v) is 9.69.